The van der Waals surface area contributed by atoms with Crippen molar-refractivity contribution in [3.8, 4) is 0 Å². The second-order valence-corrected chi connectivity index (χ2v) is 4.87. The summed E-state index contributed by atoms with van der Waals surface area (Å²) in [7, 11) is 0. The predicted molar refractivity (Wildman–Crippen MR) is 64.5 cm³/mol. The van der Waals surface area contributed by atoms with E-state index in [1.54, 1.807) is 11.3 Å². The summed E-state index contributed by atoms with van der Waals surface area (Å²) in [6, 6.07) is 4.11. The molecule has 0 atom stereocenters. The van der Waals surface area contributed by atoms with Crippen LogP contribution in [0.25, 0.3) is 10.1 Å². The molecule has 0 aliphatic rings. The molecule has 2 aromatic rings. The maximum Gasteiger partial charge on any atom is 0.0773 e. The van der Waals surface area contributed by atoms with Crippen LogP contribution in [0.3, 0.4) is 0 Å². The zero-order valence-electron chi connectivity index (χ0n) is 6.48. The van der Waals surface area contributed by atoms with Gasteiger partial charge in [0.05, 0.1) is 14.7 Å². The highest BCUT2D eigenvalue weighted by molar-refractivity contribution is 9.08. The maximum atomic E-state index is 6.11. The van der Waals surface area contributed by atoms with Crippen molar-refractivity contribution in [3.63, 3.8) is 0 Å². The molecular weight excluding hydrogens is 291 g/mol. The fourth-order valence-electron chi connectivity index (χ4n) is 1.20. The molecule has 0 saturated heterocycles. The fraction of sp³-hybridized carbons (Fsp3) is 0.111. The van der Waals surface area contributed by atoms with Crippen molar-refractivity contribution in [2.24, 2.45) is 0 Å². The SMILES string of the molecule is Clc1c(CBr)cc2ccsc2c1Cl. The number of thiophene rings is 1. The molecule has 0 nitrogen and oxygen atoms in total. The Balaban J connectivity index is 2.83. The van der Waals surface area contributed by atoms with Gasteiger partial charge in [0.2, 0.25) is 0 Å². The average molecular weight is 296 g/mol. The van der Waals surface area contributed by atoms with Gasteiger partial charge in [0.15, 0.2) is 0 Å². The summed E-state index contributed by atoms with van der Waals surface area (Å²) in [5.41, 5.74) is 1.04. The molecule has 0 unspecified atom stereocenters. The van der Waals surface area contributed by atoms with Gasteiger partial charge in [-0.2, -0.15) is 0 Å². The van der Waals surface area contributed by atoms with Crippen LogP contribution < -0.4 is 0 Å². The molecule has 4 heteroatoms. The van der Waals surface area contributed by atoms with Crippen molar-refractivity contribution < 1.29 is 0 Å². The first-order chi connectivity index (χ1) is 6.24. The highest BCUT2D eigenvalue weighted by Gasteiger charge is 2.09. The number of hydrogen-bond donors (Lipinski definition) is 0. The first kappa shape index (κ1) is 9.78. The zero-order valence-corrected chi connectivity index (χ0v) is 10.4. The second-order valence-electron chi connectivity index (χ2n) is 2.64. The Hall–Kier alpha value is 0.240. The topological polar surface area (TPSA) is 0 Å². The van der Waals surface area contributed by atoms with E-state index in [0.717, 1.165) is 21.0 Å². The molecule has 0 bridgehead atoms. The number of halogens is 3. The predicted octanol–water partition coefficient (Wildman–Crippen LogP) is 5.10. The molecule has 0 aliphatic carbocycles. The Morgan fingerprint density at radius 1 is 1.31 bits per heavy atom. The van der Waals surface area contributed by atoms with E-state index < -0.39 is 0 Å². The molecule has 1 aromatic heterocycles. The molecule has 1 heterocycles. The lowest BCUT2D eigenvalue weighted by atomic mass is 10.2. The van der Waals surface area contributed by atoms with Crippen LogP contribution in [-0.4, -0.2) is 0 Å². The average Bonchev–Trinajstić information content (AvgIpc) is 2.59. The highest BCUT2D eigenvalue weighted by Crippen LogP contribution is 2.37. The van der Waals surface area contributed by atoms with Crippen LogP contribution in [0.1, 0.15) is 5.56 Å². The summed E-state index contributed by atoms with van der Waals surface area (Å²) < 4.78 is 1.07. The summed E-state index contributed by atoms with van der Waals surface area (Å²) in [5.74, 6) is 0. The molecule has 0 aliphatic heterocycles. The third-order valence-electron chi connectivity index (χ3n) is 1.84. The van der Waals surface area contributed by atoms with Gasteiger partial charge in [-0.25, -0.2) is 0 Å². The molecule has 0 saturated carbocycles. The number of benzene rings is 1. The summed E-state index contributed by atoms with van der Waals surface area (Å²) in [5, 5.41) is 5.24. The van der Waals surface area contributed by atoms with E-state index in [4.69, 9.17) is 23.2 Å². The summed E-state index contributed by atoms with van der Waals surface area (Å²) >= 11 is 17.2. The molecule has 0 amide bonds. The van der Waals surface area contributed by atoms with E-state index in [1.165, 1.54) is 0 Å². The zero-order chi connectivity index (χ0) is 9.42. The van der Waals surface area contributed by atoms with Crippen LogP contribution in [0.5, 0.6) is 0 Å². The van der Waals surface area contributed by atoms with Gasteiger partial charge in [0.25, 0.3) is 0 Å². The maximum absolute atomic E-state index is 6.11. The lowest BCUT2D eigenvalue weighted by Gasteiger charge is -2.03. The smallest absolute Gasteiger partial charge is 0.0773 e. The quantitative estimate of drug-likeness (QED) is 0.642. The first-order valence-corrected chi connectivity index (χ1v) is 6.40. The number of hydrogen-bond acceptors (Lipinski definition) is 1. The van der Waals surface area contributed by atoms with E-state index in [2.05, 4.69) is 22.0 Å². The van der Waals surface area contributed by atoms with Crippen molar-refractivity contribution in [3.05, 3.63) is 33.1 Å². The summed E-state index contributed by atoms with van der Waals surface area (Å²) in [6.45, 7) is 0. The van der Waals surface area contributed by atoms with Gasteiger partial charge in [-0.1, -0.05) is 39.1 Å². The van der Waals surface area contributed by atoms with Crippen LogP contribution in [0.4, 0.5) is 0 Å². The first-order valence-electron chi connectivity index (χ1n) is 3.64. The number of alkyl halides is 1. The van der Waals surface area contributed by atoms with E-state index in [0.29, 0.717) is 10.0 Å². The Labute approximate surface area is 98.6 Å². The monoisotopic (exact) mass is 294 g/mol. The third-order valence-corrected chi connectivity index (χ3v) is 4.41. The van der Waals surface area contributed by atoms with E-state index >= 15 is 0 Å². The van der Waals surface area contributed by atoms with Crippen LogP contribution >= 0.6 is 50.5 Å². The van der Waals surface area contributed by atoms with E-state index in [9.17, 15) is 0 Å². The Bertz CT molecular complexity index is 450. The van der Waals surface area contributed by atoms with Gasteiger partial charge >= 0.3 is 0 Å². The van der Waals surface area contributed by atoms with Crippen LogP contribution in [0.15, 0.2) is 17.5 Å². The molecule has 0 fully saturated rings. The van der Waals surface area contributed by atoms with Crippen molar-refractivity contribution >= 4 is 60.6 Å². The Morgan fingerprint density at radius 2 is 2.08 bits per heavy atom. The van der Waals surface area contributed by atoms with Gasteiger partial charge in [0.1, 0.15) is 0 Å². The van der Waals surface area contributed by atoms with Gasteiger partial charge in [-0.15, -0.1) is 11.3 Å². The summed E-state index contributed by atoms with van der Waals surface area (Å²) in [4.78, 5) is 0. The lowest BCUT2D eigenvalue weighted by molar-refractivity contribution is 1.47. The van der Waals surface area contributed by atoms with Crippen molar-refractivity contribution in [1.29, 1.82) is 0 Å². The van der Waals surface area contributed by atoms with Crippen molar-refractivity contribution in [2.45, 2.75) is 5.33 Å². The summed E-state index contributed by atoms with van der Waals surface area (Å²) in [6.07, 6.45) is 0. The van der Waals surface area contributed by atoms with Gasteiger partial charge in [-0.3, -0.25) is 0 Å². The molecule has 0 N–H and O–H groups in total. The van der Waals surface area contributed by atoms with Crippen LogP contribution in [0.2, 0.25) is 10.0 Å². The fourth-order valence-corrected chi connectivity index (χ4v) is 3.26. The molecular formula is C9H5BrCl2S. The van der Waals surface area contributed by atoms with E-state index in [-0.39, 0.29) is 0 Å². The minimum absolute atomic E-state index is 0.661. The highest BCUT2D eigenvalue weighted by atomic mass is 79.9. The Morgan fingerprint density at radius 3 is 2.77 bits per heavy atom. The largest absolute Gasteiger partial charge is 0.142 e. The molecule has 13 heavy (non-hydrogen) atoms. The van der Waals surface area contributed by atoms with Crippen LogP contribution in [0, 0.1) is 0 Å². The van der Waals surface area contributed by atoms with Gasteiger partial charge in [-0.05, 0) is 28.5 Å². The molecule has 68 valence electrons. The molecule has 0 radical (unpaired) electrons. The minimum atomic E-state index is 0.661. The molecule has 2 rings (SSSR count). The van der Waals surface area contributed by atoms with Crippen LogP contribution in [-0.2, 0) is 5.33 Å². The van der Waals surface area contributed by atoms with E-state index in [1.807, 2.05) is 11.4 Å². The van der Waals surface area contributed by atoms with Crippen molar-refractivity contribution in [2.75, 3.05) is 0 Å². The molecule has 0 spiro atoms. The molecule has 1 aromatic carbocycles. The normalized spacial score (nSPS) is 11.0. The third kappa shape index (κ3) is 1.61. The number of fused-ring (bicyclic) bond motifs is 1. The number of rotatable bonds is 1. The minimum Gasteiger partial charge on any atom is -0.142 e. The standard InChI is InChI=1S/C9H5BrCl2S/c10-4-6-3-5-1-2-13-9(5)8(12)7(6)11/h1-3H,4H2. The lowest BCUT2D eigenvalue weighted by Crippen LogP contribution is -1.80. The second kappa shape index (κ2) is 3.77. The van der Waals surface area contributed by atoms with Crippen molar-refractivity contribution in [1.82, 2.24) is 0 Å². The Kier molecular flexibility index (Phi) is 2.84. The van der Waals surface area contributed by atoms with Gasteiger partial charge in [0, 0.05) is 5.33 Å². The van der Waals surface area contributed by atoms with Gasteiger partial charge < -0.3 is 0 Å².